The number of halogens is 1. The van der Waals surface area contributed by atoms with Crippen molar-refractivity contribution in [3.63, 3.8) is 0 Å². The highest BCUT2D eigenvalue weighted by atomic mass is 35.5. The van der Waals surface area contributed by atoms with Crippen molar-refractivity contribution in [2.45, 2.75) is 6.92 Å². The van der Waals surface area contributed by atoms with Gasteiger partial charge in [0.05, 0.1) is 23.2 Å². The quantitative estimate of drug-likeness (QED) is 0.736. The van der Waals surface area contributed by atoms with E-state index >= 15 is 0 Å². The van der Waals surface area contributed by atoms with Crippen LogP contribution in [0.1, 0.15) is 26.6 Å². The zero-order valence-electron chi connectivity index (χ0n) is 13.2. The summed E-state index contributed by atoms with van der Waals surface area (Å²) in [5.74, 6) is -0.636. The highest BCUT2D eigenvalue weighted by Gasteiger charge is 2.14. The first kappa shape index (κ1) is 16.7. The number of hydrogen-bond acceptors (Lipinski definition) is 4. The highest BCUT2D eigenvalue weighted by Crippen LogP contribution is 2.27. The van der Waals surface area contributed by atoms with Gasteiger partial charge in [0.15, 0.2) is 5.76 Å². The van der Waals surface area contributed by atoms with E-state index in [1.807, 2.05) is 6.92 Å². The summed E-state index contributed by atoms with van der Waals surface area (Å²) in [6.07, 6.45) is 2.89. The third-order valence-corrected chi connectivity index (χ3v) is 3.63. The number of carbonyl (C=O) groups is 2. The van der Waals surface area contributed by atoms with Crippen LogP contribution in [0.4, 0.5) is 11.4 Å². The fourth-order valence-corrected chi connectivity index (χ4v) is 2.29. The summed E-state index contributed by atoms with van der Waals surface area (Å²) in [7, 11) is 0. The molecule has 0 atom stereocenters. The maximum absolute atomic E-state index is 12.4. The molecule has 25 heavy (non-hydrogen) atoms. The summed E-state index contributed by atoms with van der Waals surface area (Å²) in [6.45, 7) is 1.84. The van der Waals surface area contributed by atoms with Crippen LogP contribution in [0.3, 0.4) is 0 Å². The van der Waals surface area contributed by atoms with E-state index in [4.69, 9.17) is 16.0 Å². The molecular weight excluding hydrogens is 342 g/mol. The molecule has 2 N–H and O–H groups in total. The first-order chi connectivity index (χ1) is 12.0. The van der Waals surface area contributed by atoms with Crippen LogP contribution in [0.25, 0.3) is 0 Å². The Bertz CT molecular complexity index is 906. The molecule has 3 aromatic rings. The molecule has 0 fully saturated rings. The number of amides is 2. The van der Waals surface area contributed by atoms with Gasteiger partial charge in [0.25, 0.3) is 11.8 Å². The van der Waals surface area contributed by atoms with Gasteiger partial charge in [-0.25, -0.2) is 0 Å². The van der Waals surface area contributed by atoms with Crippen LogP contribution in [-0.4, -0.2) is 16.8 Å². The van der Waals surface area contributed by atoms with Gasteiger partial charge in [-0.05, 0) is 49.4 Å². The molecule has 0 bridgehead atoms. The molecule has 0 aliphatic rings. The van der Waals surface area contributed by atoms with E-state index in [1.165, 1.54) is 18.5 Å². The molecular formula is C18H14ClN3O3. The summed E-state index contributed by atoms with van der Waals surface area (Å²) in [5.41, 5.74) is 2.00. The van der Waals surface area contributed by atoms with E-state index in [9.17, 15) is 9.59 Å². The monoisotopic (exact) mass is 355 g/mol. The average molecular weight is 356 g/mol. The Balaban J connectivity index is 1.82. The molecule has 0 saturated carbocycles. The molecule has 1 aromatic carbocycles. The minimum atomic E-state index is -0.445. The molecule has 2 heterocycles. The molecule has 0 aliphatic heterocycles. The Kier molecular flexibility index (Phi) is 4.81. The SMILES string of the molecule is Cc1ccc(C(=O)Nc2ccc(Cl)cc2NC(=O)c2ccco2)cn1. The number of aryl methyl sites for hydroxylation is 1. The largest absolute Gasteiger partial charge is 0.459 e. The van der Waals surface area contributed by atoms with Crippen LogP contribution < -0.4 is 10.6 Å². The number of carbonyl (C=O) groups excluding carboxylic acids is 2. The standard InChI is InChI=1S/C18H14ClN3O3/c1-11-4-5-12(10-20-11)17(23)21-14-7-6-13(19)9-15(14)22-18(24)16-3-2-8-25-16/h2-10H,1H3,(H,21,23)(H,22,24). The predicted molar refractivity (Wildman–Crippen MR) is 95.0 cm³/mol. The van der Waals surface area contributed by atoms with E-state index in [1.54, 1.807) is 36.4 Å². The van der Waals surface area contributed by atoms with E-state index in [0.717, 1.165) is 5.69 Å². The number of furan rings is 1. The van der Waals surface area contributed by atoms with Crippen molar-refractivity contribution in [3.8, 4) is 0 Å². The number of pyridine rings is 1. The minimum absolute atomic E-state index is 0.153. The molecule has 0 saturated heterocycles. The van der Waals surface area contributed by atoms with Crippen LogP contribution in [0.5, 0.6) is 0 Å². The smallest absolute Gasteiger partial charge is 0.291 e. The molecule has 7 heteroatoms. The topological polar surface area (TPSA) is 84.2 Å². The van der Waals surface area contributed by atoms with Crippen molar-refractivity contribution in [2.24, 2.45) is 0 Å². The predicted octanol–water partition coefficient (Wildman–Crippen LogP) is 4.14. The van der Waals surface area contributed by atoms with Gasteiger partial charge in [0.2, 0.25) is 0 Å². The fourth-order valence-electron chi connectivity index (χ4n) is 2.12. The van der Waals surface area contributed by atoms with E-state index in [0.29, 0.717) is 22.0 Å². The number of rotatable bonds is 4. The summed E-state index contributed by atoms with van der Waals surface area (Å²) >= 11 is 6.00. The second kappa shape index (κ2) is 7.19. The Morgan fingerprint density at radius 1 is 1.04 bits per heavy atom. The number of anilines is 2. The zero-order chi connectivity index (χ0) is 17.8. The molecule has 2 amide bonds. The summed E-state index contributed by atoms with van der Waals surface area (Å²) in [6, 6.07) is 11.3. The Morgan fingerprint density at radius 2 is 1.84 bits per heavy atom. The second-order valence-corrected chi connectivity index (χ2v) is 5.70. The average Bonchev–Trinajstić information content (AvgIpc) is 3.12. The molecule has 126 valence electrons. The molecule has 6 nitrogen and oxygen atoms in total. The van der Waals surface area contributed by atoms with E-state index in [-0.39, 0.29) is 11.7 Å². The van der Waals surface area contributed by atoms with Gasteiger partial charge in [0, 0.05) is 16.9 Å². The maximum Gasteiger partial charge on any atom is 0.291 e. The van der Waals surface area contributed by atoms with E-state index in [2.05, 4.69) is 15.6 Å². The highest BCUT2D eigenvalue weighted by molar-refractivity contribution is 6.31. The van der Waals surface area contributed by atoms with Gasteiger partial charge in [-0.3, -0.25) is 14.6 Å². The van der Waals surface area contributed by atoms with Gasteiger partial charge >= 0.3 is 0 Å². The third-order valence-electron chi connectivity index (χ3n) is 3.40. The molecule has 2 aromatic heterocycles. The second-order valence-electron chi connectivity index (χ2n) is 5.26. The number of aromatic nitrogens is 1. The Morgan fingerprint density at radius 3 is 2.52 bits per heavy atom. The van der Waals surface area contributed by atoms with Crippen LogP contribution in [0.2, 0.25) is 5.02 Å². The number of hydrogen-bond donors (Lipinski definition) is 2. The van der Waals surface area contributed by atoms with Gasteiger partial charge in [-0.2, -0.15) is 0 Å². The van der Waals surface area contributed by atoms with Crippen LogP contribution >= 0.6 is 11.6 Å². The van der Waals surface area contributed by atoms with Crippen LogP contribution in [0.15, 0.2) is 59.3 Å². The normalized spacial score (nSPS) is 10.3. The summed E-state index contributed by atoms with van der Waals surface area (Å²) < 4.78 is 5.06. The lowest BCUT2D eigenvalue weighted by Gasteiger charge is -2.12. The molecule has 0 unspecified atom stereocenters. The van der Waals surface area contributed by atoms with Gasteiger partial charge in [0.1, 0.15) is 0 Å². The van der Waals surface area contributed by atoms with Gasteiger partial charge in [-0.1, -0.05) is 11.6 Å². The lowest BCUT2D eigenvalue weighted by Crippen LogP contribution is -2.16. The minimum Gasteiger partial charge on any atom is -0.459 e. The van der Waals surface area contributed by atoms with Crippen LogP contribution in [0, 0.1) is 6.92 Å². The van der Waals surface area contributed by atoms with Crippen molar-refractivity contribution in [1.82, 2.24) is 4.98 Å². The molecule has 0 spiro atoms. The van der Waals surface area contributed by atoms with E-state index < -0.39 is 5.91 Å². The summed E-state index contributed by atoms with van der Waals surface area (Å²) in [4.78, 5) is 28.6. The van der Waals surface area contributed by atoms with Crippen molar-refractivity contribution >= 4 is 34.8 Å². The first-order valence-electron chi connectivity index (χ1n) is 7.41. The number of nitrogens with zero attached hydrogens (tertiary/aromatic N) is 1. The maximum atomic E-state index is 12.4. The first-order valence-corrected chi connectivity index (χ1v) is 7.79. The lowest BCUT2D eigenvalue weighted by atomic mass is 10.2. The van der Waals surface area contributed by atoms with Gasteiger partial charge in [-0.15, -0.1) is 0 Å². The van der Waals surface area contributed by atoms with Gasteiger partial charge < -0.3 is 15.1 Å². The van der Waals surface area contributed by atoms with Crippen molar-refractivity contribution in [3.05, 3.63) is 77.0 Å². The number of nitrogens with one attached hydrogen (secondary N) is 2. The molecule has 0 aliphatic carbocycles. The Labute approximate surface area is 148 Å². The fraction of sp³-hybridized carbons (Fsp3) is 0.0556. The molecule has 0 radical (unpaired) electrons. The Hall–Kier alpha value is -3.12. The number of benzene rings is 1. The zero-order valence-corrected chi connectivity index (χ0v) is 14.0. The lowest BCUT2D eigenvalue weighted by molar-refractivity contribution is 0.0993. The summed E-state index contributed by atoms with van der Waals surface area (Å²) in [5, 5.41) is 5.83. The third kappa shape index (κ3) is 4.05. The van der Waals surface area contributed by atoms with Crippen molar-refractivity contribution in [1.29, 1.82) is 0 Å². The van der Waals surface area contributed by atoms with Crippen molar-refractivity contribution < 1.29 is 14.0 Å². The van der Waals surface area contributed by atoms with Crippen molar-refractivity contribution in [2.75, 3.05) is 10.6 Å². The molecule has 3 rings (SSSR count). The van der Waals surface area contributed by atoms with Crippen LogP contribution in [-0.2, 0) is 0 Å².